The lowest BCUT2D eigenvalue weighted by molar-refractivity contribution is 0.102. The van der Waals surface area contributed by atoms with Gasteiger partial charge in [-0.05, 0) is 24.3 Å². The van der Waals surface area contributed by atoms with E-state index in [2.05, 4.69) is 25.9 Å². The summed E-state index contributed by atoms with van der Waals surface area (Å²) < 4.78 is 0. The van der Waals surface area contributed by atoms with Crippen molar-refractivity contribution in [3.63, 3.8) is 0 Å². The zero-order valence-electron chi connectivity index (χ0n) is 8.56. The van der Waals surface area contributed by atoms with E-state index in [1.165, 1.54) is 0 Å². The Morgan fingerprint density at radius 1 is 1.50 bits per heavy atom. The van der Waals surface area contributed by atoms with Crippen LogP contribution in [0.25, 0.3) is 0 Å². The molecule has 1 aromatic carbocycles. The summed E-state index contributed by atoms with van der Waals surface area (Å²) in [5.74, 6) is -0.242. The van der Waals surface area contributed by atoms with Gasteiger partial charge >= 0.3 is 0 Å². The second-order valence-corrected chi connectivity index (χ2v) is 3.28. The summed E-state index contributed by atoms with van der Waals surface area (Å²) in [6, 6.07) is 5.21. The van der Waals surface area contributed by atoms with Crippen molar-refractivity contribution < 1.29 is 4.79 Å². The number of rotatable bonds is 2. The van der Waals surface area contributed by atoms with E-state index in [0.29, 0.717) is 11.3 Å². The topological polar surface area (TPSA) is 110 Å². The van der Waals surface area contributed by atoms with Gasteiger partial charge in [0.05, 0.1) is 5.56 Å². The largest absolute Gasteiger partial charge is 0.398 e. The quantitative estimate of drug-likeness (QED) is 0.630. The zero-order valence-corrected chi connectivity index (χ0v) is 8.56. The van der Waals surface area contributed by atoms with Crippen LogP contribution >= 0.6 is 0 Å². The Kier molecular flexibility index (Phi) is 2.50. The van der Waals surface area contributed by atoms with Crippen LogP contribution in [0.5, 0.6) is 0 Å². The number of anilines is 2. The van der Waals surface area contributed by atoms with Crippen LogP contribution in [0.1, 0.15) is 15.9 Å². The molecule has 0 atom stereocenters. The lowest BCUT2D eigenvalue weighted by Crippen LogP contribution is -2.15. The van der Waals surface area contributed by atoms with Gasteiger partial charge in [-0.2, -0.15) is 5.21 Å². The van der Waals surface area contributed by atoms with Crippen LogP contribution in [0.3, 0.4) is 0 Å². The maximum absolute atomic E-state index is 11.8. The monoisotopic (exact) mass is 218 g/mol. The molecule has 1 amide bonds. The minimum atomic E-state index is -0.359. The molecule has 1 heterocycles. The molecule has 0 unspecified atom stereocenters. The van der Waals surface area contributed by atoms with E-state index < -0.39 is 0 Å². The summed E-state index contributed by atoms with van der Waals surface area (Å²) in [7, 11) is 0. The first-order valence-electron chi connectivity index (χ1n) is 4.58. The number of tetrazole rings is 1. The number of hydrogen-bond acceptors (Lipinski definition) is 5. The molecule has 0 aliphatic heterocycles. The molecular weight excluding hydrogens is 208 g/mol. The Morgan fingerprint density at radius 2 is 2.31 bits per heavy atom. The normalized spacial score (nSPS) is 10.1. The molecule has 0 saturated carbocycles. The molecule has 0 saturated heterocycles. The molecule has 82 valence electrons. The highest BCUT2D eigenvalue weighted by Crippen LogP contribution is 2.14. The van der Waals surface area contributed by atoms with E-state index in [4.69, 9.17) is 5.73 Å². The van der Waals surface area contributed by atoms with E-state index in [1.807, 2.05) is 13.0 Å². The van der Waals surface area contributed by atoms with Crippen LogP contribution in [0, 0.1) is 6.92 Å². The molecule has 1 aromatic heterocycles. The first-order chi connectivity index (χ1) is 7.66. The molecule has 0 aliphatic carbocycles. The highest BCUT2D eigenvalue weighted by Gasteiger charge is 2.11. The molecule has 7 heteroatoms. The molecule has 0 fully saturated rings. The number of carbonyl (C=O) groups is 1. The Labute approximate surface area is 91.0 Å². The molecule has 2 aromatic rings. The SMILES string of the molecule is Cc1ccc(N)c(C(=O)Nc2nn[nH]n2)c1. The number of carbonyl (C=O) groups excluding carboxylic acids is 1. The van der Waals surface area contributed by atoms with Gasteiger partial charge in [0.1, 0.15) is 0 Å². The smallest absolute Gasteiger partial charge is 0.270 e. The van der Waals surface area contributed by atoms with E-state index in [-0.39, 0.29) is 11.9 Å². The summed E-state index contributed by atoms with van der Waals surface area (Å²) in [5, 5.41) is 15.3. The molecule has 0 spiro atoms. The molecule has 0 radical (unpaired) electrons. The Hall–Kier alpha value is -2.44. The number of nitrogens with zero attached hydrogens (tertiary/aromatic N) is 3. The number of aryl methyl sites for hydroxylation is 1. The average Bonchev–Trinajstić information content (AvgIpc) is 2.74. The third-order valence-corrected chi connectivity index (χ3v) is 2.02. The minimum Gasteiger partial charge on any atom is -0.398 e. The first-order valence-corrected chi connectivity index (χ1v) is 4.58. The van der Waals surface area contributed by atoms with Crippen LogP contribution in [-0.2, 0) is 0 Å². The lowest BCUT2D eigenvalue weighted by atomic mass is 10.1. The number of aromatic amines is 1. The third kappa shape index (κ3) is 1.97. The van der Waals surface area contributed by atoms with Gasteiger partial charge in [0.2, 0.25) is 0 Å². The second-order valence-electron chi connectivity index (χ2n) is 3.28. The predicted octanol–water partition coefficient (Wildman–Crippen LogP) is 0.343. The maximum atomic E-state index is 11.8. The van der Waals surface area contributed by atoms with Gasteiger partial charge in [0.15, 0.2) is 0 Å². The van der Waals surface area contributed by atoms with E-state index >= 15 is 0 Å². The number of nitrogens with two attached hydrogens (primary N) is 1. The molecule has 16 heavy (non-hydrogen) atoms. The average molecular weight is 218 g/mol. The number of aromatic nitrogens is 4. The highest BCUT2D eigenvalue weighted by atomic mass is 16.1. The summed E-state index contributed by atoms with van der Waals surface area (Å²) in [4.78, 5) is 11.8. The molecule has 7 nitrogen and oxygen atoms in total. The Morgan fingerprint density at radius 3 is 3.00 bits per heavy atom. The number of benzene rings is 1. The van der Waals surface area contributed by atoms with Crippen LogP contribution in [-0.4, -0.2) is 26.5 Å². The Balaban J connectivity index is 2.24. The summed E-state index contributed by atoms with van der Waals surface area (Å²) in [6.07, 6.45) is 0. The number of nitrogen functional groups attached to an aromatic ring is 1. The predicted molar refractivity (Wildman–Crippen MR) is 57.7 cm³/mol. The van der Waals surface area contributed by atoms with E-state index in [0.717, 1.165) is 5.56 Å². The van der Waals surface area contributed by atoms with Gasteiger partial charge in [0, 0.05) is 5.69 Å². The van der Waals surface area contributed by atoms with Crippen molar-refractivity contribution >= 4 is 17.5 Å². The second kappa shape index (κ2) is 3.97. The zero-order chi connectivity index (χ0) is 11.5. The van der Waals surface area contributed by atoms with Crippen molar-refractivity contribution in [1.29, 1.82) is 0 Å². The van der Waals surface area contributed by atoms with Crippen LogP contribution < -0.4 is 11.1 Å². The molecule has 4 N–H and O–H groups in total. The van der Waals surface area contributed by atoms with Crippen molar-refractivity contribution in [1.82, 2.24) is 20.6 Å². The van der Waals surface area contributed by atoms with E-state index in [1.54, 1.807) is 12.1 Å². The lowest BCUT2D eigenvalue weighted by Gasteiger charge is -2.05. The standard InChI is InChI=1S/C9H10N6O/c1-5-2-3-7(10)6(4-5)8(16)11-9-12-14-15-13-9/h2-4H,10H2,1H3,(H2,11,12,13,14,15,16). The van der Waals surface area contributed by atoms with Crippen molar-refractivity contribution in [2.75, 3.05) is 11.1 Å². The van der Waals surface area contributed by atoms with Gasteiger partial charge in [-0.3, -0.25) is 10.1 Å². The van der Waals surface area contributed by atoms with Crippen LogP contribution in [0.4, 0.5) is 11.6 Å². The van der Waals surface area contributed by atoms with Crippen molar-refractivity contribution in [2.45, 2.75) is 6.92 Å². The molecule has 0 bridgehead atoms. The molecule has 2 rings (SSSR count). The van der Waals surface area contributed by atoms with Crippen molar-refractivity contribution in [2.24, 2.45) is 0 Å². The summed E-state index contributed by atoms with van der Waals surface area (Å²) in [6.45, 7) is 1.88. The fourth-order valence-electron chi connectivity index (χ4n) is 1.25. The number of nitrogens with one attached hydrogen (secondary N) is 2. The maximum Gasteiger partial charge on any atom is 0.270 e. The van der Waals surface area contributed by atoms with Crippen LogP contribution in [0.15, 0.2) is 18.2 Å². The van der Waals surface area contributed by atoms with Crippen molar-refractivity contribution in [3.8, 4) is 0 Å². The Bertz CT molecular complexity index is 507. The van der Waals surface area contributed by atoms with Gasteiger partial charge in [-0.15, -0.1) is 5.10 Å². The first kappa shape index (κ1) is 10.1. The minimum absolute atomic E-state index is 0.117. The van der Waals surface area contributed by atoms with E-state index in [9.17, 15) is 4.79 Å². The summed E-state index contributed by atoms with van der Waals surface area (Å²) in [5.41, 5.74) is 7.45. The molecular formula is C9H10N6O. The van der Waals surface area contributed by atoms with Gasteiger partial charge in [0.25, 0.3) is 11.9 Å². The molecule has 0 aliphatic rings. The number of hydrogen-bond donors (Lipinski definition) is 3. The third-order valence-electron chi connectivity index (χ3n) is 2.02. The number of amides is 1. The fraction of sp³-hybridized carbons (Fsp3) is 0.111. The van der Waals surface area contributed by atoms with Gasteiger partial charge in [-0.1, -0.05) is 16.7 Å². The van der Waals surface area contributed by atoms with Gasteiger partial charge < -0.3 is 5.73 Å². The number of H-pyrrole nitrogens is 1. The van der Waals surface area contributed by atoms with Crippen molar-refractivity contribution in [3.05, 3.63) is 29.3 Å². The highest BCUT2D eigenvalue weighted by molar-refractivity contribution is 6.07. The van der Waals surface area contributed by atoms with Crippen LogP contribution in [0.2, 0.25) is 0 Å². The fourth-order valence-corrected chi connectivity index (χ4v) is 1.25. The van der Waals surface area contributed by atoms with Gasteiger partial charge in [-0.25, -0.2) is 0 Å². The summed E-state index contributed by atoms with van der Waals surface area (Å²) >= 11 is 0.